The van der Waals surface area contributed by atoms with Crippen LogP contribution in [0.15, 0.2) is 54.7 Å². The van der Waals surface area contributed by atoms with Crippen molar-refractivity contribution in [3.05, 3.63) is 65.8 Å². The van der Waals surface area contributed by atoms with Gasteiger partial charge in [-0.1, -0.05) is 133 Å². The average Bonchev–Trinajstić information content (AvgIpc) is 3.54. The van der Waals surface area contributed by atoms with Gasteiger partial charge in [0.25, 0.3) is 0 Å². The lowest BCUT2D eigenvalue weighted by atomic mass is 9.74. The fourth-order valence-electron chi connectivity index (χ4n) is 7.67. The van der Waals surface area contributed by atoms with Crippen LogP contribution in [0, 0.1) is 5.92 Å². The lowest BCUT2D eigenvalue weighted by Crippen LogP contribution is -2.46. The summed E-state index contributed by atoms with van der Waals surface area (Å²) >= 11 is 0. The maximum atomic E-state index is 14.0. The van der Waals surface area contributed by atoms with Gasteiger partial charge in [-0.15, -0.1) is 0 Å². The van der Waals surface area contributed by atoms with E-state index in [-0.39, 0.29) is 23.3 Å². The molecule has 1 heterocycles. The number of ketones is 2. The number of aliphatic hydroxyl groups is 1. The van der Waals surface area contributed by atoms with Crippen molar-refractivity contribution in [3.63, 3.8) is 0 Å². The molecule has 1 fully saturated rings. The van der Waals surface area contributed by atoms with Crippen molar-refractivity contribution >= 4 is 17.5 Å². The Hall–Kier alpha value is -3.45. The molecule has 3 N–H and O–H groups in total. The monoisotopic (exact) mass is 732 g/mol. The Morgan fingerprint density at radius 3 is 1.62 bits per heavy atom. The summed E-state index contributed by atoms with van der Waals surface area (Å²) in [4.78, 5) is 41.1. The summed E-state index contributed by atoms with van der Waals surface area (Å²) in [5.74, 6) is -4.60. The predicted molar refractivity (Wildman–Crippen MR) is 214 cm³/mol. The van der Waals surface area contributed by atoms with Gasteiger partial charge in [0.1, 0.15) is 11.9 Å². The van der Waals surface area contributed by atoms with Crippen LogP contribution in [0.1, 0.15) is 173 Å². The first-order valence-corrected chi connectivity index (χ1v) is 21.0. The molecule has 2 aliphatic rings. The van der Waals surface area contributed by atoms with Crippen molar-refractivity contribution in [2.24, 2.45) is 5.92 Å². The maximum Gasteiger partial charge on any atom is 0.337 e. The molecule has 0 saturated heterocycles. The van der Waals surface area contributed by atoms with Crippen LogP contribution in [0.5, 0.6) is 17.2 Å². The number of phenols is 2. The van der Waals surface area contributed by atoms with Crippen molar-refractivity contribution in [2.75, 3.05) is 0 Å². The number of ether oxygens (including phenoxy) is 1. The molecule has 0 radical (unpaired) electrons. The van der Waals surface area contributed by atoms with E-state index >= 15 is 0 Å². The van der Waals surface area contributed by atoms with Gasteiger partial charge in [0.2, 0.25) is 5.41 Å². The predicted octanol–water partition coefficient (Wildman–Crippen LogP) is 11.2. The molecule has 53 heavy (non-hydrogen) atoms. The zero-order valence-corrected chi connectivity index (χ0v) is 32.8. The fraction of sp³-hybridized carbons (Fsp3) is 0.630. The molecule has 1 saturated carbocycles. The molecule has 1 aliphatic heterocycles. The molecule has 3 rings (SSSR count). The maximum absolute atomic E-state index is 14.0. The van der Waals surface area contributed by atoms with Crippen LogP contribution < -0.4 is 4.74 Å². The summed E-state index contributed by atoms with van der Waals surface area (Å²) < 4.78 is 5.44. The number of fused-ring (bicyclic) bond motifs is 2. The number of aromatic hydroxyl groups is 2. The Kier molecular flexibility index (Phi) is 20.6. The highest BCUT2D eigenvalue weighted by Gasteiger charge is 2.70. The van der Waals surface area contributed by atoms with E-state index in [1.807, 2.05) is 0 Å². The van der Waals surface area contributed by atoms with E-state index < -0.39 is 46.5 Å². The number of aliphatic hydroxyl groups excluding tert-OH is 1. The summed E-state index contributed by atoms with van der Waals surface area (Å²) in [5.41, 5.74) is -2.10. The van der Waals surface area contributed by atoms with Gasteiger partial charge in [-0.3, -0.25) is 9.59 Å². The Morgan fingerprint density at radius 2 is 1.09 bits per heavy atom. The third-order valence-electron chi connectivity index (χ3n) is 10.8. The van der Waals surface area contributed by atoms with Gasteiger partial charge >= 0.3 is 5.97 Å². The van der Waals surface area contributed by atoms with Crippen molar-refractivity contribution in [1.29, 1.82) is 0 Å². The van der Waals surface area contributed by atoms with Crippen LogP contribution in [0.2, 0.25) is 0 Å². The second kappa shape index (κ2) is 24.8. The summed E-state index contributed by atoms with van der Waals surface area (Å²) in [6.07, 6.45) is 39.9. The molecule has 7 nitrogen and oxygen atoms in total. The van der Waals surface area contributed by atoms with Gasteiger partial charge in [-0.05, 0) is 83.5 Å². The normalized spacial score (nSPS) is 20.1. The minimum Gasteiger partial charge on any atom is -0.504 e. The van der Waals surface area contributed by atoms with Gasteiger partial charge in [0.05, 0.1) is 5.92 Å². The second-order valence-electron chi connectivity index (χ2n) is 15.0. The van der Waals surface area contributed by atoms with Crippen molar-refractivity contribution in [1.82, 2.24) is 0 Å². The standard InChI is InChI=1S/C46H68O7/c1-3-5-7-9-11-13-15-17-19-21-23-25-27-29-31-33-36-40-39(35-38(47)41(36)48)53-45(52)46(40)43(50)37(42(49)44(46)51)34-32-30-28-26-24-22-20-18-16-14-12-10-8-6-4-2/h11-14,17-20,35,37,42,47-49H,3-10,15-16,21-34H2,1-2H3/b13-11-,14-12-,19-17-,20-18-. The molecular formula is C46H68O7. The lowest BCUT2D eigenvalue weighted by Gasteiger charge is -2.21. The Labute approximate surface area is 319 Å². The van der Waals surface area contributed by atoms with Gasteiger partial charge in [0, 0.05) is 17.2 Å². The van der Waals surface area contributed by atoms with Gasteiger partial charge in [0.15, 0.2) is 23.1 Å². The highest BCUT2D eigenvalue weighted by atomic mass is 16.5. The molecule has 3 atom stereocenters. The summed E-state index contributed by atoms with van der Waals surface area (Å²) in [6, 6.07) is 1.09. The van der Waals surface area contributed by atoms with E-state index in [0.717, 1.165) is 96.0 Å². The molecular weight excluding hydrogens is 664 g/mol. The lowest BCUT2D eigenvalue weighted by molar-refractivity contribution is -0.147. The third-order valence-corrected chi connectivity index (χ3v) is 10.8. The van der Waals surface area contributed by atoms with Gasteiger partial charge in [-0.25, -0.2) is 4.79 Å². The number of unbranched alkanes of at least 4 members (excludes halogenated alkanes) is 16. The Bertz CT molecular complexity index is 1400. The number of hydrogen-bond donors (Lipinski definition) is 3. The average molecular weight is 733 g/mol. The quantitative estimate of drug-likeness (QED) is 0.0196. The number of esters is 1. The van der Waals surface area contributed by atoms with Crippen LogP contribution >= 0.6 is 0 Å². The molecule has 294 valence electrons. The molecule has 0 amide bonds. The van der Waals surface area contributed by atoms with E-state index in [0.29, 0.717) is 19.3 Å². The van der Waals surface area contributed by atoms with E-state index in [4.69, 9.17) is 4.74 Å². The summed E-state index contributed by atoms with van der Waals surface area (Å²) in [6.45, 7) is 4.43. The van der Waals surface area contributed by atoms with Gasteiger partial charge < -0.3 is 20.1 Å². The molecule has 1 spiro atoms. The van der Waals surface area contributed by atoms with Crippen LogP contribution in [0.4, 0.5) is 0 Å². The van der Waals surface area contributed by atoms with Gasteiger partial charge in [-0.2, -0.15) is 0 Å². The van der Waals surface area contributed by atoms with E-state index in [2.05, 4.69) is 62.5 Å². The first-order valence-electron chi connectivity index (χ1n) is 21.0. The summed E-state index contributed by atoms with van der Waals surface area (Å²) in [5, 5.41) is 32.4. The van der Waals surface area contributed by atoms with Crippen LogP contribution in [-0.4, -0.2) is 39.0 Å². The highest BCUT2D eigenvalue weighted by molar-refractivity contribution is 6.36. The summed E-state index contributed by atoms with van der Waals surface area (Å²) in [7, 11) is 0. The van der Waals surface area contributed by atoms with Crippen molar-refractivity contribution in [2.45, 2.75) is 179 Å². The second-order valence-corrected chi connectivity index (χ2v) is 15.0. The minimum atomic E-state index is -2.30. The molecule has 0 aromatic heterocycles. The third kappa shape index (κ3) is 12.8. The number of hydrogen-bond acceptors (Lipinski definition) is 7. The number of allylic oxidation sites excluding steroid dienone is 8. The minimum absolute atomic E-state index is 0.0129. The SMILES string of the molecule is CCCCC/C=C\C/C=C\CCCCCCCc1c(O)c(O)cc2c1C1(C(=O)O2)C(=O)C(O)C(CCCCCCC/C=C\C/C=C\CCCCC)C1=O. The number of rotatable bonds is 28. The van der Waals surface area contributed by atoms with Crippen LogP contribution in [0.25, 0.3) is 0 Å². The Morgan fingerprint density at radius 1 is 0.623 bits per heavy atom. The number of carbonyl (C=O) groups excluding carboxylic acids is 3. The zero-order valence-electron chi connectivity index (χ0n) is 32.8. The smallest absolute Gasteiger partial charge is 0.337 e. The number of Topliss-reactive ketones (excluding diaryl/α,β-unsaturated/α-hetero) is 2. The first-order chi connectivity index (χ1) is 25.8. The molecule has 1 aromatic rings. The fourth-order valence-corrected chi connectivity index (χ4v) is 7.67. The van der Waals surface area contributed by atoms with Crippen molar-refractivity contribution in [3.8, 4) is 17.2 Å². The molecule has 3 unspecified atom stereocenters. The first kappa shape index (κ1) is 44.0. The molecule has 1 aliphatic carbocycles. The van der Waals surface area contributed by atoms with E-state index in [1.165, 1.54) is 38.5 Å². The molecule has 0 bridgehead atoms. The molecule has 7 heteroatoms. The van der Waals surface area contributed by atoms with E-state index in [1.54, 1.807) is 0 Å². The van der Waals surface area contributed by atoms with Crippen molar-refractivity contribution < 1.29 is 34.4 Å². The van der Waals surface area contributed by atoms with E-state index in [9.17, 15) is 29.7 Å². The largest absolute Gasteiger partial charge is 0.504 e. The number of benzene rings is 1. The Balaban J connectivity index is 1.46. The topological polar surface area (TPSA) is 121 Å². The van der Waals surface area contributed by atoms with Crippen LogP contribution in [-0.2, 0) is 26.2 Å². The molecule has 1 aromatic carbocycles. The highest BCUT2D eigenvalue weighted by Crippen LogP contribution is 2.54. The number of phenolic OH excluding ortho intramolecular Hbond substituents is 2. The van der Waals surface area contributed by atoms with Crippen LogP contribution in [0.3, 0.4) is 0 Å². The zero-order chi connectivity index (χ0) is 38.3. The number of carbonyl (C=O) groups is 3.